The van der Waals surface area contributed by atoms with Crippen LogP contribution in [0.25, 0.3) is 0 Å². The van der Waals surface area contributed by atoms with E-state index in [0.29, 0.717) is 17.5 Å². The molecule has 2 aromatic rings. The van der Waals surface area contributed by atoms with Crippen LogP contribution in [-0.2, 0) is 11.3 Å². The van der Waals surface area contributed by atoms with Crippen LogP contribution in [0.3, 0.4) is 0 Å². The molecule has 0 aromatic heterocycles. The number of methoxy groups -OCH3 is 1. The Balaban J connectivity index is 1.84. The Hall–Kier alpha value is -2.19. The lowest BCUT2D eigenvalue weighted by Crippen LogP contribution is -2.31. The van der Waals surface area contributed by atoms with Gasteiger partial charge in [0.15, 0.2) is 5.17 Å². The first-order valence-electron chi connectivity index (χ1n) is 9.19. The summed E-state index contributed by atoms with van der Waals surface area (Å²) in [5, 5.41) is 8.88. The number of hydrogen-bond donors (Lipinski definition) is 0. The number of halogens is 2. The minimum atomic E-state index is -0.304. The van der Waals surface area contributed by atoms with E-state index in [4.69, 9.17) is 4.74 Å². The molecule has 0 aliphatic carbocycles. The van der Waals surface area contributed by atoms with Crippen molar-refractivity contribution in [3.63, 3.8) is 0 Å². The van der Waals surface area contributed by atoms with Crippen molar-refractivity contribution in [3.8, 4) is 5.75 Å². The summed E-state index contributed by atoms with van der Waals surface area (Å²) in [5.41, 5.74) is 1.61. The zero-order valence-electron chi connectivity index (χ0n) is 16.1. The van der Waals surface area contributed by atoms with Crippen LogP contribution in [0, 0.1) is 5.82 Å². The molecule has 29 heavy (non-hydrogen) atoms. The summed E-state index contributed by atoms with van der Waals surface area (Å²) in [4.78, 5) is 14.4. The zero-order chi connectivity index (χ0) is 20.8. The second-order valence-corrected chi connectivity index (χ2v) is 8.54. The van der Waals surface area contributed by atoms with Gasteiger partial charge in [0.1, 0.15) is 11.6 Å². The molecule has 0 bridgehead atoms. The lowest BCUT2D eigenvalue weighted by atomic mass is 10.2. The molecule has 1 fully saturated rings. The van der Waals surface area contributed by atoms with Gasteiger partial charge in [0.05, 0.1) is 25.1 Å². The molecule has 1 heterocycles. The molecular weight excluding hydrogens is 457 g/mol. The number of amidine groups is 1. The minimum Gasteiger partial charge on any atom is -0.496 e. The Labute approximate surface area is 182 Å². The highest BCUT2D eigenvalue weighted by Crippen LogP contribution is 2.32. The molecule has 3 rings (SSSR count). The topological polar surface area (TPSA) is 54.3 Å². The Morgan fingerprint density at radius 1 is 1.28 bits per heavy atom. The summed E-state index contributed by atoms with van der Waals surface area (Å²) in [7, 11) is 1.59. The maximum absolute atomic E-state index is 13.2. The maximum atomic E-state index is 13.2. The first-order chi connectivity index (χ1) is 14.0. The van der Waals surface area contributed by atoms with E-state index in [1.54, 1.807) is 30.4 Å². The fraction of sp³-hybridized carbons (Fsp3) is 0.286. The van der Waals surface area contributed by atoms with Crippen molar-refractivity contribution in [2.45, 2.75) is 31.6 Å². The number of carbonyl (C=O) groups excluding carboxylic acids is 1. The Morgan fingerprint density at radius 2 is 2.03 bits per heavy atom. The highest BCUT2D eigenvalue weighted by atomic mass is 79.9. The zero-order valence-corrected chi connectivity index (χ0v) is 18.5. The first-order valence-corrected chi connectivity index (χ1v) is 10.9. The van der Waals surface area contributed by atoms with Crippen molar-refractivity contribution in [1.82, 2.24) is 4.90 Å². The largest absolute Gasteiger partial charge is 0.496 e. The molecule has 1 saturated heterocycles. The number of hydrogen-bond acceptors (Lipinski definition) is 5. The van der Waals surface area contributed by atoms with Crippen molar-refractivity contribution in [1.29, 1.82) is 0 Å². The maximum Gasteiger partial charge on any atom is 0.242 e. The average Bonchev–Trinajstić information content (AvgIpc) is 2.99. The summed E-state index contributed by atoms with van der Waals surface area (Å²) in [6.07, 6.45) is 3.27. The highest BCUT2D eigenvalue weighted by Gasteiger charge is 2.37. The van der Waals surface area contributed by atoms with Gasteiger partial charge in [-0.1, -0.05) is 53.2 Å². The van der Waals surface area contributed by atoms with E-state index in [-0.39, 0.29) is 17.0 Å². The summed E-state index contributed by atoms with van der Waals surface area (Å²) >= 11 is 4.85. The second-order valence-electron chi connectivity index (χ2n) is 6.46. The fourth-order valence-electron chi connectivity index (χ4n) is 2.90. The second kappa shape index (κ2) is 10.0. The number of rotatable bonds is 7. The molecule has 1 atom stereocenters. The van der Waals surface area contributed by atoms with E-state index >= 15 is 0 Å². The van der Waals surface area contributed by atoms with Crippen LogP contribution in [-0.4, -0.2) is 34.5 Å². The predicted molar refractivity (Wildman–Crippen MR) is 119 cm³/mol. The van der Waals surface area contributed by atoms with Gasteiger partial charge in [0.25, 0.3) is 0 Å². The molecular formula is C21H21BrFN3O2S. The standard InChI is InChI=1S/C21H21BrFN3O2S/c1-3-4-19-20(27)26(13-14-5-8-17(23)9-6-14)21(29-19)25-24-12-15-11-16(22)7-10-18(15)28-2/h5-12,19H,3-4,13H2,1-2H3. The van der Waals surface area contributed by atoms with Gasteiger partial charge in [-0.2, -0.15) is 5.10 Å². The molecule has 0 spiro atoms. The Morgan fingerprint density at radius 3 is 2.72 bits per heavy atom. The van der Waals surface area contributed by atoms with Crippen LogP contribution < -0.4 is 4.74 Å². The number of carbonyl (C=O) groups is 1. The van der Waals surface area contributed by atoms with Gasteiger partial charge in [-0.25, -0.2) is 4.39 Å². The molecule has 8 heteroatoms. The van der Waals surface area contributed by atoms with Crippen LogP contribution in [0.1, 0.15) is 30.9 Å². The van der Waals surface area contributed by atoms with Crippen molar-refractivity contribution in [2.24, 2.45) is 10.2 Å². The SMILES string of the molecule is CCCC1SC(=NN=Cc2cc(Br)ccc2OC)N(Cc2ccc(F)cc2)C1=O. The van der Waals surface area contributed by atoms with Crippen molar-refractivity contribution in [3.05, 3.63) is 63.9 Å². The molecule has 0 N–H and O–H groups in total. The molecule has 0 radical (unpaired) electrons. The highest BCUT2D eigenvalue weighted by molar-refractivity contribution is 9.10. The van der Waals surface area contributed by atoms with Crippen LogP contribution in [0.4, 0.5) is 4.39 Å². The lowest BCUT2D eigenvalue weighted by molar-refractivity contribution is -0.126. The number of ether oxygens (including phenoxy) is 1. The average molecular weight is 478 g/mol. The molecule has 1 unspecified atom stereocenters. The third-order valence-electron chi connectivity index (χ3n) is 4.36. The molecule has 152 valence electrons. The van der Waals surface area contributed by atoms with Crippen LogP contribution >= 0.6 is 27.7 Å². The molecule has 0 saturated carbocycles. The summed E-state index contributed by atoms with van der Waals surface area (Å²) < 4.78 is 19.4. The summed E-state index contributed by atoms with van der Waals surface area (Å²) in [6.45, 7) is 2.38. The number of thioether (sulfide) groups is 1. The molecule has 1 aliphatic heterocycles. The van der Waals surface area contributed by atoms with Crippen LogP contribution in [0.2, 0.25) is 0 Å². The van der Waals surface area contributed by atoms with Crippen molar-refractivity contribution < 1.29 is 13.9 Å². The van der Waals surface area contributed by atoms with E-state index < -0.39 is 0 Å². The predicted octanol–water partition coefficient (Wildman–Crippen LogP) is 5.23. The van der Waals surface area contributed by atoms with Gasteiger partial charge >= 0.3 is 0 Å². The monoisotopic (exact) mass is 477 g/mol. The molecule has 2 aromatic carbocycles. The molecule has 1 aliphatic rings. The summed E-state index contributed by atoms with van der Waals surface area (Å²) in [6, 6.07) is 11.7. The van der Waals surface area contributed by atoms with Crippen molar-refractivity contribution in [2.75, 3.05) is 7.11 Å². The van der Waals surface area contributed by atoms with Crippen LogP contribution in [0.15, 0.2) is 57.1 Å². The third-order valence-corrected chi connectivity index (χ3v) is 6.08. The van der Waals surface area contributed by atoms with Crippen LogP contribution in [0.5, 0.6) is 5.75 Å². The van der Waals surface area contributed by atoms with E-state index in [0.717, 1.165) is 28.4 Å². The van der Waals surface area contributed by atoms with E-state index in [2.05, 4.69) is 26.1 Å². The number of nitrogens with zero attached hydrogens (tertiary/aromatic N) is 3. The van der Waals surface area contributed by atoms with Gasteiger partial charge in [0, 0.05) is 10.0 Å². The van der Waals surface area contributed by atoms with Gasteiger partial charge < -0.3 is 4.74 Å². The third kappa shape index (κ3) is 5.45. The first kappa shape index (κ1) is 21.5. The smallest absolute Gasteiger partial charge is 0.242 e. The Kier molecular flexibility index (Phi) is 7.44. The van der Waals surface area contributed by atoms with E-state index in [9.17, 15) is 9.18 Å². The Bertz CT molecular complexity index is 934. The van der Waals surface area contributed by atoms with E-state index in [1.165, 1.54) is 23.9 Å². The molecule has 1 amide bonds. The van der Waals surface area contributed by atoms with E-state index in [1.807, 2.05) is 25.1 Å². The summed E-state index contributed by atoms with van der Waals surface area (Å²) in [5.74, 6) is 0.385. The quantitative estimate of drug-likeness (QED) is 0.405. The molecule has 5 nitrogen and oxygen atoms in total. The number of benzene rings is 2. The van der Waals surface area contributed by atoms with Gasteiger partial charge in [-0.3, -0.25) is 9.69 Å². The van der Waals surface area contributed by atoms with Gasteiger partial charge in [-0.15, -0.1) is 5.10 Å². The van der Waals surface area contributed by atoms with Gasteiger partial charge in [0.2, 0.25) is 5.91 Å². The normalized spacial score (nSPS) is 18.2. The number of amides is 1. The minimum absolute atomic E-state index is 0.00941. The fourth-order valence-corrected chi connectivity index (χ4v) is 4.49. The lowest BCUT2D eigenvalue weighted by Gasteiger charge is -2.15. The van der Waals surface area contributed by atoms with Crippen molar-refractivity contribution >= 4 is 45.0 Å². The van der Waals surface area contributed by atoms with Gasteiger partial charge in [-0.05, 0) is 42.3 Å².